The van der Waals surface area contributed by atoms with E-state index < -0.39 is 6.04 Å². The molecule has 1 amide bonds. The lowest BCUT2D eigenvalue weighted by Gasteiger charge is -2.39. The lowest BCUT2D eigenvalue weighted by Crippen LogP contribution is -2.44. The third kappa shape index (κ3) is 2.90. The lowest BCUT2D eigenvalue weighted by molar-refractivity contribution is -0.132. The number of ether oxygens (including phenoxy) is 1. The summed E-state index contributed by atoms with van der Waals surface area (Å²) >= 11 is 7.76. The topological polar surface area (TPSA) is 59.5 Å². The molecule has 2 aliphatic heterocycles. The van der Waals surface area contributed by atoms with Crippen LogP contribution in [0.15, 0.2) is 47.2 Å². The van der Waals surface area contributed by atoms with Gasteiger partial charge in [0.15, 0.2) is 16.7 Å². The first-order valence-corrected chi connectivity index (χ1v) is 10.8. The van der Waals surface area contributed by atoms with Crippen LogP contribution in [0.5, 0.6) is 0 Å². The van der Waals surface area contributed by atoms with Gasteiger partial charge in [-0.05, 0) is 36.5 Å². The van der Waals surface area contributed by atoms with E-state index in [4.69, 9.17) is 16.3 Å². The van der Waals surface area contributed by atoms with Crippen molar-refractivity contribution in [2.75, 3.05) is 4.90 Å². The number of ketones is 1. The van der Waals surface area contributed by atoms with Crippen LogP contribution in [0, 0.1) is 17.7 Å². The number of amides is 1. The Hall–Kier alpha value is -2.25. The first kappa shape index (κ1) is 18.8. The molecule has 0 bridgehead atoms. The highest BCUT2D eigenvalue weighted by Crippen LogP contribution is 2.49. The maximum Gasteiger partial charge on any atom is 0.296 e. The lowest BCUT2D eigenvalue weighted by atomic mass is 9.74. The average Bonchev–Trinajstić information content (AvgIpc) is 3.31. The van der Waals surface area contributed by atoms with E-state index >= 15 is 0 Å². The number of alkyl halides is 1. The van der Waals surface area contributed by atoms with Crippen LogP contribution in [0.25, 0.3) is 0 Å². The first-order valence-electron chi connectivity index (χ1n) is 9.53. The van der Waals surface area contributed by atoms with E-state index in [1.807, 2.05) is 6.92 Å². The molecular formula is C21H18ClFN2O3S. The van der Waals surface area contributed by atoms with Crippen LogP contribution in [0.3, 0.4) is 0 Å². The van der Waals surface area contributed by atoms with Crippen molar-refractivity contribution in [2.45, 2.75) is 37.3 Å². The molecular weight excluding hydrogens is 415 g/mol. The van der Waals surface area contributed by atoms with Crippen molar-refractivity contribution >= 4 is 39.8 Å². The third-order valence-electron chi connectivity index (χ3n) is 6.02. The SMILES string of the molecule is CC1CC2OC3=C(C(=O)C2CC1Cl)C(c1ccc(F)cc1)N(c1nccs1)C3=O. The van der Waals surface area contributed by atoms with E-state index in [1.165, 1.54) is 28.4 Å². The average molecular weight is 433 g/mol. The Morgan fingerprint density at radius 3 is 2.69 bits per heavy atom. The standard InChI is InChI=1S/C21H18ClFN2O3S/c1-10-8-15-13(9-14(10)22)18(26)16-17(11-2-4-12(23)5-3-11)25(20(27)19(16)28-15)21-24-6-7-29-21/h2-7,10,13-15,17H,8-9H2,1H3. The van der Waals surface area contributed by atoms with E-state index in [-0.39, 0.29) is 46.6 Å². The van der Waals surface area contributed by atoms with Gasteiger partial charge >= 0.3 is 0 Å². The van der Waals surface area contributed by atoms with Crippen LogP contribution < -0.4 is 4.90 Å². The number of anilines is 1. The van der Waals surface area contributed by atoms with Gasteiger partial charge in [0.25, 0.3) is 5.91 Å². The highest BCUT2D eigenvalue weighted by molar-refractivity contribution is 7.13. The molecule has 29 heavy (non-hydrogen) atoms. The molecule has 1 fully saturated rings. The number of Topliss-reactive ketones (excluding diaryl/α,β-unsaturated/α-hetero) is 1. The van der Waals surface area contributed by atoms with Gasteiger partial charge in [0.05, 0.1) is 17.5 Å². The van der Waals surface area contributed by atoms with Crippen LogP contribution in [-0.2, 0) is 14.3 Å². The molecule has 5 nitrogen and oxygen atoms in total. The van der Waals surface area contributed by atoms with Crippen molar-refractivity contribution < 1.29 is 18.7 Å². The van der Waals surface area contributed by atoms with Crippen LogP contribution >= 0.6 is 22.9 Å². The van der Waals surface area contributed by atoms with E-state index in [2.05, 4.69) is 4.98 Å². The number of hydrogen-bond donors (Lipinski definition) is 0. The molecule has 5 unspecified atom stereocenters. The second-order valence-electron chi connectivity index (χ2n) is 7.78. The zero-order chi connectivity index (χ0) is 20.3. The zero-order valence-electron chi connectivity index (χ0n) is 15.5. The van der Waals surface area contributed by atoms with Gasteiger partial charge in [-0.15, -0.1) is 22.9 Å². The fourth-order valence-electron chi connectivity index (χ4n) is 4.51. The summed E-state index contributed by atoms with van der Waals surface area (Å²) in [5, 5.41) is 2.13. The van der Waals surface area contributed by atoms with Crippen molar-refractivity contribution in [3.8, 4) is 0 Å². The number of rotatable bonds is 2. The predicted molar refractivity (Wildman–Crippen MR) is 107 cm³/mol. The van der Waals surface area contributed by atoms with Crippen molar-refractivity contribution in [3.63, 3.8) is 0 Å². The van der Waals surface area contributed by atoms with Crippen molar-refractivity contribution in [3.05, 3.63) is 58.6 Å². The van der Waals surface area contributed by atoms with Gasteiger partial charge in [0.1, 0.15) is 11.9 Å². The molecule has 1 aliphatic carbocycles. The number of aromatic nitrogens is 1. The largest absolute Gasteiger partial charge is 0.483 e. The van der Waals surface area contributed by atoms with Gasteiger partial charge in [-0.3, -0.25) is 14.5 Å². The van der Waals surface area contributed by atoms with E-state index in [1.54, 1.807) is 23.7 Å². The van der Waals surface area contributed by atoms with E-state index in [9.17, 15) is 14.0 Å². The Bertz CT molecular complexity index is 1010. The van der Waals surface area contributed by atoms with Gasteiger partial charge in [-0.1, -0.05) is 19.1 Å². The number of carbonyl (C=O) groups is 2. The predicted octanol–water partition coefficient (Wildman–Crippen LogP) is 4.25. The molecule has 5 atom stereocenters. The van der Waals surface area contributed by atoms with Crippen LogP contribution in [0.2, 0.25) is 0 Å². The zero-order valence-corrected chi connectivity index (χ0v) is 17.1. The molecule has 0 radical (unpaired) electrons. The Morgan fingerprint density at radius 2 is 2.00 bits per heavy atom. The maximum atomic E-state index is 13.5. The van der Waals surface area contributed by atoms with Crippen LogP contribution in [-0.4, -0.2) is 28.2 Å². The van der Waals surface area contributed by atoms with Gasteiger partial charge < -0.3 is 4.74 Å². The van der Waals surface area contributed by atoms with Crippen molar-refractivity contribution in [1.29, 1.82) is 0 Å². The minimum atomic E-state index is -0.689. The number of hydrogen-bond acceptors (Lipinski definition) is 5. The quantitative estimate of drug-likeness (QED) is 0.666. The molecule has 0 spiro atoms. The minimum Gasteiger partial charge on any atom is -0.483 e. The second kappa shape index (κ2) is 6.92. The molecule has 3 heterocycles. The summed E-state index contributed by atoms with van der Waals surface area (Å²) in [7, 11) is 0. The second-order valence-corrected chi connectivity index (χ2v) is 9.21. The first-order chi connectivity index (χ1) is 14.0. The smallest absolute Gasteiger partial charge is 0.296 e. The molecule has 8 heteroatoms. The summed E-state index contributed by atoms with van der Waals surface area (Å²) in [5.74, 6) is -0.939. The van der Waals surface area contributed by atoms with Gasteiger partial charge in [0, 0.05) is 17.0 Å². The third-order valence-corrected chi connectivity index (χ3v) is 7.40. The summed E-state index contributed by atoms with van der Waals surface area (Å²) < 4.78 is 19.7. The molecule has 0 N–H and O–H groups in total. The number of thiazole rings is 1. The maximum absolute atomic E-state index is 13.5. The fourth-order valence-corrected chi connectivity index (χ4v) is 5.47. The summed E-state index contributed by atoms with van der Waals surface area (Å²) in [4.78, 5) is 32.6. The van der Waals surface area contributed by atoms with Crippen molar-refractivity contribution in [2.24, 2.45) is 11.8 Å². The molecule has 1 saturated carbocycles. The monoisotopic (exact) mass is 432 g/mol. The summed E-state index contributed by atoms with van der Waals surface area (Å²) in [6, 6.07) is 5.15. The molecule has 0 saturated heterocycles. The molecule has 5 rings (SSSR count). The number of carbonyl (C=O) groups excluding carboxylic acids is 2. The van der Waals surface area contributed by atoms with E-state index in [0.29, 0.717) is 29.1 Å². The number of benzene rings is 1. The van der Waals surface area contributed by atoms with Gasteiger partial charge in [-0.2, -0.15) is 0 Å². The summed E-state index contributed by atoms with van der Waals surface area (Å²) in [6.07, 6.45) is 2.41. The fraction of sp³-hybridized carbons (Fsp3) is 0.381. The van der Waals surface area contributed by atoms with E-state index in [0.717, 1.165) is 0 Å². The Labute approximate surface area is 176 Å². The minimum absolute atomic E-state index is 0.0981. The number of halogens is 2. The molecule has 3 aliphatic rings. The summed E-state index contributed by atoms with van der Waals surface area (Å²) in [6.45, 7) is 2.03. The molecule has 1 aromatic heterocycles. The highest BCUT2D eigenvalue weighted by Gasteiger charge is 2.54. The van der Waals surface area contributed by atoms with Gasteiger partial charge in [-0.25, -0.2) is 9.37 Å². The Balaban J connectivity index is 1.63. The van der Waals surface area contributed by atoms with Crippen LogP contribution in [0.1, 0.15) is 31.4 Å². The molecule has 1 aromatic carbocycles. The normalized spacial score (nSPS) is 31.6. The van der Waals surface area contributed by atoms with Crippen molar-refractivity contribution in [1.82, 2.24) is 4.98 Å². The summed E-state index contributed by atoms with van der Waals surface area (Å²) in [5.41, 5.74) is 0.971. The Kier molecular flexibility index (Phi) is 4.47. The molecule has 150 valence electrons. The number of nitrogens with zero attached hydrogens (tertiary/aromatic N) is 2. The van der Waals surface area contributed by atoms with Gasteiger partial charge in [0.2, 0.25) is 0 Å². The number of fused-ring (bicyclic) bond motifs is 1. The molecule has 2 aromatic rings. The van der Waals surface area contributed by atoms with Crippen LogP contribution in [0.4, 0.5) is 9.52 Å². The Morgan fingerprint density at radius 1 is 1.24 bits per heavy atom. The highest BCUT2D eigenvalue weighted by atomic mass is 35.5.